The molecule has 2 aliphatic rings. The molecule has 0 unspecified atom stereocenters. The monoisotopic (exact) mass is 451 g/mol. The Morgan fingerprint density at radius 2 is 1.56 bits per heavy atom. The molecule has 2 atom stereocenters. The number of ether oxygens (including phenoxy) is 2. The van der Waals surface area contributed by atoms with Crippen LogP contribution in [0.1, 0.15) is 33.4 Å². The number of carboxylic acid groups (broad SMARTS) is 1. The zero-order valence-corrected chi connectivity index (χ0v) is 18.2. The van der Waals surface area contributed by atoms with E-state index < -0.39 is 17.9 Å². The summed E-state index contributed by atoms with van der Waals surface area (Å²) in [7, 11) is 0. The van der Waals surface area contributed by atoms with Crippen molar-refractivity contribution < 1.29 is 24.2 Å². The first-order valence-electron chi connectivity index (χ1n) is 11.2. The van der Waals surface area contributed by atoms with Gasteiger partial charge in [0.15, 0.2) is 11.5 Å². The molecule has 1 N–H and O–H groups in total. The van der Waals surface area contributed by atoms with E-state index in [1.807, 2.05) is 48.5 Å². The number of carboxylic acids is 1. The van der Waals surface area contributed by atoms with Crippen LogP contribution in [0.15, 0.2) is 84.9 Å². The normalized spacial score (nSPS) is 19.1. The number of nitrogens with zero attached hydrogens (tertiary/aromatic N) is 1. The number of fused-ring (bicyclic) bond motifs is 3. The molecule has 4 aromatic rings. The Kier molecular flexibility index (Phi) is 4.73. The van der Waals surface area contributed by atoms with E-state index in [9.17, 15) is 14.7 Å². The third-order valence-electron chi connectivity index (χ3n) is 6.52. The fourth-order valence-corrected chi connectivity index (χ4v) is 5.00. The van der Waals surface area contributed by atoms with Gasteiger partial charge in [0.25, 0.3) is 5.91 Å². The van der Waals surface area contributed by atoms with Gasteiger partial charge in [0, 0.05) is 11.3 Å². The molecule has 0 bridgehead atoms. The maximum Gasteiger partial charge on any atom is 0.313 e. The van der Waals surface area contributed by atoms with Crippen LogP contribution in [0.25, 0.3) is 10.8 Å². The van der Waals surface area contributed by atoms with Gasteiger partial charge in [0.05, 0.1) is 6.04 Å². The highest BCUT2D eigenvalue weighted by Crippen LogP contribution is 2.47. The van der Waals surface area contributed by atoms with Gasteiger partial charge in [0.2, 0.25) is 0 Å². The summed E-state index contributed by atoms with van der Waals surface area (Å²) >= 11 is 0. The van der Waals surface area contributed by atoms with Crippen molar-refractivity contribution in [2.75, 3.05) is 18.1 Å². The number of carbonyl (C=O) groups is 2. The average Bonchev–Trinajstić information content (AvgIpc) is 2.88. The summed E-state index contributed by atoms with van der Waals surface area (Å²) in [4.78, 5) is 28.2. The molecule has 1 amide bonds. The second kappa shape index (κ2) is 7.92. The van der Waals surface area contributed by atoms with Crippen molar-refractivity contribution in [1.29, 1.82) is 0 Å². The summed E-state index contributed by atoms with van der Waals surface area (Å²) < 4.78 is 11.4. The van der Waals surface area contributed by atoms with Gasteiger partial charge in [-0.2, -0.15) is 0 Å². The van der Waals surface area contributed by atoms with E-state index in [0.717, 1.165) is 10.8 Å². The van der Waals surface area contributed by atoms with E-state index in [0.29, 0.717) is 47.1 Å². The molecule has 0 fully saturated rings. The Morgan fingerprint density at radius 1 is 0.824 bits per heavy atom. The average molecular weight is 451 g/mol. The highest BCUT2D eigenvalue weighted by atomic mass is 16.6. The van der Waals surface area contributed by atoms with Crippen LogP contribution in [0.4, 0.5) is 5.69 Å². The van der Waals surface area contributed by atoms with E-state index in [4.69, 9.17) is 9.47 Å². The molecule has 6 nitrogen and oxygen atoms in total. The van der Waals surface area contributed by atoms with Crippen molar-refractivity contribution in [1.82, 2.24) is 0 Å². The molecule has 0 radical (unpaired) electrons. The van der Waals surface area contributed by atoms with Crippen molar-refractivity contribution >= 4 is 28.3 Å². The number of anilines is 1. The summed E-state index contributed by atoms with van der Waals surface area (Å²) in [5, 5.41) is 12.4. The maximum absolute atomic E-state index is 13.9. The molecule has 34 heavy (non-hydrogen) atoms. The molecule has 0 saturated carbocycles. The Morgan fingerprint density at radius 3 is 2.38 bits per heavy atom. The Balaban J connectivity index is 1.59. The number of hydrogen-bond donors (Lipinski definition) is 1. The van der Waals surface area contributed by atoms with Crippen molar-refractivity contribution in [3.05, 3.63) is 102 Å². The summed E-state index contributed by atoms with van der Waals surface area (Å²) in [5.74, 6) is -1.02. The van der Waals surface area contributed by atoms with Gasteiger partial charge < -0.3 is 14.6 Å². The van der Waals surface area contributed by atoms with Crippen LogP contribution in [-0.4, -0.2) is 30.2 Å². The lowest BCUT2D eigenvalue weighted by Gasteiger charge is -2.41. The van der Waals surface area contributed by atoms with E-state index in [-0.39, 0.29) is 5.91 Å². The van der Waals surface area contributed by atoms with Gasteiger partial charge in [-0.15, -0.1) is 0 Å². The van der Waals surface area contributed by atoms with Crippen LogP contribution in [0.3, 0.4) is 0 Å². The quantitative estimate of drug-likeness (QED) is 0.464. The minimum absolute atomic E-state index is 0.233. The largest absolute Gasteiger partial charge is 0.486 e. The van der Waals surface area contributed by atoms with E-state index in [1.165, 1.54) is 0 Å². The van der Waals surface area contributed by atoms with Crippen LogP contribution < -0.4 is 14.4 Å². The molecule has 6 rings (SSSR count). The van der Waals surface area contributed by atoms with Gasteiger partial charge >= 0.3 is 5.97 Å². The zero-order chi connectivity index (χ0) is 23.2. The minimum atomic E-state index is -0.995. The fraction of sp³-hybridized carbons (Fsp3) is 0.143. The SMILES string of the molecule is O=C(O)[C@@H]1c2ccccc2C(=O)N(c2ccc3ccccc3c2)[C@H]1c1ccc2c(c1)OCCO2. The molecule has 4 aromatic carbocycles. The fourth-order valence-electron chi connectivity index (χ4n) is 5.00. The van der Waals surface area contributed by atoms with Crippen LogP contribution >= 0.6 is 0 Å². The summed E-state index contributed by atoms with van der Waals surface area (Å²) in [6, 6.07) is 25.2. The maximum atomic E-state index is 13.9. The number of carbonyl (C=O) groups excluding carboxylic acids is 1. The van der Waals surface area contributed by atoms with Gasteiger partial charge in [-0.3, -0.25) is 14.5 Å². The number of rotatable bonds is 3. The number of amides is 1. The molecule has 2 aliphatic heterocycles. The van der Waals surface area contributed by atoms with Crippen LogP contribution in [-0.2, 0) is 4.79 Å². The Labute approximate surface area is 196 Å². The lowest BCUT2D eigenvalue weighted by molar-refractivity contribution is -0.139. The van der Waals surface area contributed by atoms with Crippen molar-refractivity contribution in [3.8, 4) is 11.5 Å². The van der Waals surface area contributed by atoms with Crippen LogP contribution in [0.2, 0.25) is 0 Å². The van der Waals surface area contributed by atoms with E-state index >= 15 is 0 Å². The smallest absolute Gasteiger partial charge is 0.313 e. The zero-order valence-electron chi connectivity index (χ0n) is 18.2. The third-order valence-corrected chi connectivity index (χ3v) is 6.52. The van der Waals surface area contributed by atoms with Crippen molar-refractivity contribution in [2.24, 2.45) is 0 Å². The molecule has 0 saturated heterocycles. The lowest BCUT2D eigenvalue weighted by Crippen LogP contribution is -2.45. The molecule has 0 aromatic heterocycles. The predicted octanol–water partition coefficient (Wildman–Crippen LogP) is 5.18. The van der Waals surface area contributed by atoms with Crippen LogP contribution in [0, 0.1) is 0 Å². The molecule has 6 heteroatoms. The van der Waals surface area contributed by atoms with E-state index in [1.54, 1.807) is 41.3 Å². The molecular formula is C28H21NO5. The predicted molar refractivity (Wildman–Crippen MR) is 128 cm³/mol. The first-order valence-corrected chi connectivity index (χ1v) is 11.2. The number of hydrogen-bond acceptors (Lipinski definition) is 4. The van der Waals surface area contributed by atoms with Gasteiger partial charge in [-0.25, -0.2) is 0 Å². The standard InChI is InChI=1S/C28H21NO5/c30-27-22-8-4-3-7-21(22)25(28(31)32)26(19-10-12-23-24(16-19)34-14-13-33-23)29(27)20-11-9-17-5-1-2-6-18(17)15-20/h1-12,15-16,25-26H,13-14H2,(H,31,32)/t25-,26+/m1/s1. The minimum Gasteiger partial charge on any atom is -0.486 e. The summed E-state index contributed by atoms with van der Waals surface area (Å²) in [6.07, 6.45) is 0. The highest BCUT2D eigenvalue weighted by molar-refractivity contribution is 6.11. The van der Waals surface area contributed by atoms with E-state index in [2.05, 4.69) is 0 Å². The second-order valence-electron chi connectivity index (χ2n) is 8.46. The molecule has 0 aliphatic carbocycles. The highest BCUT2D eigenvalue weighted by Gasteiger charge is 2.45. The molecule has 168 valence electrons. The van der Waals surface area contributed by atoms with Crippen molar-refractivity contribution in [2.45, 2.75) is 12.0 Å². The molecule has 0 spiro atoms. The van der Waals surface area contributed by atoms with Gasteiger partial charge in [0.1, 0.15) is 19.1 Å². The Bertz CT molecular complexity index is 1450. The summed E-state index contributed by atoms with van der Waals surface area (Å²) in [5.41, 5.74) is 2.23. The topological polar surface area (TPSA) is 76.1 Å². The number of aliphatic carboxylic acids is 1. The third kappa shape index (κ3) is 3.18. The van der Waals surface area contributed by atoms with Crippen molar-refractivity contribution in [3.63, 3.8) is 0 Å². The summed E-state index contributed by atoms with van der Waals surface area (Å²) in [6.45, 7) is 0.877. The van der Waals surface area contributed by atoms with Gasteiger partial charge in [-0.1, -0.05) is 54.6 Å². The molecule has 2 heterocycles. The first kappa shape index (κ1) is 20.3. The first-order chi connectivity index (χ1) is 16.6. The lowest BCUT2D eigenvalue weighted by atomic mass is 9.79. The van der Waals surface area contributed by atoms with Gasteiger partial charge in [-0.05, 0) is 52.2 Å². The second-order valence-corrected chi connectivity index (χ2v) is 8.46. The van der Waals surface area contributed by atoms with Crippen LogP contribution in [0.5, 0.6) is 11.5 Å². The number of benzene rings is 4. The Hall–Kier alpha value is -4.32. The molecular weight excluding hydrogens is 430 g/mol.